The quantitative estimate of drug-likeness (QED) is 0.847. The van der Waals surface area contributed by atoms with Crippen LogP contribution in [0.25, 0.3) is 0 Å². The number of aryl methyl sites for hydroxylation is 1. The van der Waals surface area contributed by atoms with E-state index in [-0.39, 0.29) is 12.7 Å². The monoisotopic (exact) mass is 347 g/mol. The van der Waals surface area contributed by atoms with Crippen LogP contribution in [0.3, 0.4) is 0 Å². The van der Waals surface area contributed by atoms with Gasteiger partial charge in [0.25, 0.3) is 5.91 Å². The van der Waals surface area contributed by atoms with E-state index in [1.165, 1.54) is 0 Å². The molecule has 5 nitrogen and oxygen atoms in total. The fourth-order valence-corrected chi connectivity index (χ4v) is 2.93. The van der Waals surface area contributed by atoms with Crippen LogP contribution >= 0.6 is 11.6 Å². The summed E-state index contributed by atoms with van der Waals surface area (Å²) in [6.45, 7) is 2.54. The molecular weight excluding hydrogens is 330 g/mol. The molecule has 0 unspecified atom stereocenters. The molecule has 3 rings (SSSR count). The van der Waals surface area contributed by atoms with E-state index in [4.69, 9.17) is 25.8 Å². The maximum Gasteiger partial charge on any atom is 0.254 e. The van der Waals surface area contributed by atoms with Crippen LogP contribution in [-0.4, -0.2) is 31.8 Å². The lowest BCUT2D eigenvalue weighted by Gasteiger charge is -2.19. The predicted molar refractivity (Wildman–Crippen MR) is 91.1 cm³/mol. The lowest BCUT2D eigenvalue weighted by atomic mass is 10.1. The Hall–Kier alpha value is -2.40. The lowest BCUT2D eigenvalue weighted by Crippen LogP contribution is -2.26. The SMILES string of the molecule is COc1ccc(C)cc1CN(C)C(=O)c1cc(Cl)c2c(c1)OCO2. The first-order valence-corrected chi connectivity index (χ1v) is 7.85. The van der Waals surface area contributed by atoms with Crippen molar-refractivity contribution in [3.05, 3.63) is 52.0 Å². The van der Waals surface area contributed by atoms with Crippen LogP contribution in [0.5, 0.6) is 17.2 Å². The molecule has 1 aliphatic rings. The number of fused-ring (bicyclic) bond motifs is 1. The number of benzene rings is 2. The molecule has 2 aromatic rings. The minimum absolute atomic E-state index is 0.114. The molecule has 0 radical (unpaired) electrons. The summed E-state index contributed by atoms with van der Waals surface area (Å²) in [5.74, 6) is 1.58. The zero-order valence-electron chi connectivity index (χ0n) is 13.8. The number of carbonyl (C=O) groups is 1. The fraction of sp³-hybridized carbons (Fsp3) is 0.278. The largest absolute Gasteiger partial charge is 0.496 e. The number of nitrogens with zero attached hydrogens (tertiary/aromatic N) is 1. The smallest absolute Gasteiger partial charge is 0.254 e. The highest BCUT2D eigenvalue weighted by Crippen LogP contribution is 2.40. The van der Waals surface area contributed by atoms with Gasteiger partial charge in [-0.1, -0.05) is 29.3 Å². The highest BCUT2D eigenvalue weighted by atomic mass is 35.5. The van der Waals surface area contributed by atoms with Gasteiger partial charge in [-0.05, 0) is 25.1 Å². The second-order valence-corrected chi connectivity index (χ2v) is 6.08. The molecule has 1 amide bonds. The van der Waals surface area contributed by atoms with E-state index in [2.05, 4.69) is 0 Å². The third-order valence-corrected chi connectivity index (χ3v) is 4.15. The Balaban J connectivity index is 1.83. The molecule has 1 heterocycles. The van der Waals surface area contributed by atoms with Crippen LogP contribution in [-0.2, 0) is 6.54 Å². The summed E-state index contributed by atoms with van der Waals surface area (Å²) in [6, 6.07) is 9.14. The summed E-state index contributed by atoms with van der Waals surface area (Å²) in [4.78, 5) is 14.3. The number of amides is 1. The first-order valence-electron chi connectivity index (χ1n) is 7.47. The Morgan fingerprint density at radius 1 is 1.29 bits per heavy atom. The third-order valence-electron chi connectivity index (χ3n) is 3.86. The van der Waals surface area contributed by atoms with E-state index in [1.807, 2.05) is 25.1 Å². The number of rotatable bonds is 4. The maximum atomic E-state index is 12.7. The molecule has 0 bridgehead atoms. The van der Waals surface area contributed by atoms with E-state index < -0.39 is 0 Å². The predicted octanol–water partition coefficient (Wildman–Crippen LogP) is 3.66. The van der Waals surface area contributed by atoms with Crippen molar-refractivity contribution in [1.29, 1.82) is 0 Å². The van der Waals surface area contributed by atoms with Crippen molar-refractivity contribution in [2.24, 2.45) is 0 Å². The van der Waals surface area contributed by atoms with Gasteiger partial charge >= 0.3 is 0 Å². The Morgan fingerprint density at radius 2 is 2.08 bits per heavy atom. The molecule has 6 heteroatoms. The molecule has 0 N–H and O–H groups in total. The van der Waals surface area contributed by atoms with Crippen molar-refractivity contribution in [1.82, 2.24) is 4.90 Å². The van der Waals surface area contributed by atoms with E-state index in [0.29, 0.717) is 28.6 Å². The van der Waals surface area contributed by atoms with Crippen LogP contribution in [0.1, 0.15) is 21.5 Å². The van der Waals surface area contributed by atoms with Crippen molar-refractivity contribution in [2.75, 3.05) is 21.0 Å². The van der Waals surface area contributed by atoms with Gasteiger partial charge in [0.15, 0.2) is 11.5 Å². The van der Waals surface area contributed by atoms with Crippen LogP contribution < -0.4 is 14.2 Å². The first-order chi connectivity index (χ1) is 11.5. The Bertz CT molecular complexity index is 791. The second kappa shape index (κ2) is 6.61. The third kappa shape index (κ3) is 3.12. The topological polar surface area (TPSA) is 48.0 Å². The number of carbonyl (C=O) groups excluding carboxylic acids is 1. The summed E-state index contributed by atoms with van der Waals surface area (Å²) in [6.07, 6.45) is 0. The molecule has 0 saturated heterocycles. The zero-order valence-corrected chi connectivity index (χ0v) is 14.5. The summed E-state index contributed by atoms with van der Waals surface area (Å²) in [5, 5.41) is 0.370. The van der Waals surface area contributed by atoms with Gasteiger partial charge in [0.2, 0.25) is 6.79 Å². The number of methoxy groups -OCH3 is 1. The van der Waals surface area contributed by atoms with Gasteiger partial charge in [0, 0.05) is 24.7 Å². The Morgan fingerprint density at radius 3 is 2.83 bits per heavy atom. The minimum atomic E-state index is -0.154. The number of ether oxygens (including phenoxy) is 3. The minimum Gasteiger partial charge on any atom is -0.496 e. The molecule has 0 atom stereocenters. The Kier molecular flexibility index (Phi) is 4.53. The average Bonchev–Trinajstić information content (AvgIpc) is 3.03. The highest BCUT2D eigenvalue weighted by Gasteiger charge is 2.22. The van der Waals surface area contributed by atoms with E-state index in [9.17, 15) is 4.79 Å². The van der Waals surface area contributed by atoms with Crippen LogP contribution in [0.4, 0.5) is 0 Å². The number of hydrogen-bond acceptors (Lipinski definition) is 4. The highest BCUT2D eigenvalue weighted by molar-refractivity contribution is 6.32. The summed E-state index contributed by atoms with van der Waals surface area (Å²) < 4.78 is 16.0. The fourth-order valence-electron chi connectivity index (χ4n) is 2.67. The molecule has 0 saturated carbocycles. The molecule has 1 aliphatic heterocycles. The normalized spacial score (nSPS) is 12.2. The second-order valence-electron chi connectivity index (χ2n) is 5.67. The lowest BCUT2D eigenvalue weighted by molar-refractivity contribution is 0.0783. The van der Waals surface area contributed by atoms with Gasteiger partial charge in [0.05, 0.1) is 12.1 Å². The maximum absolute atomic E-state index is 12.7. The number of hydrogen-bond donors (Lipinski definition) is 0. The van der Waals surface area contributed by atoms with Gasteiger partial charge in [-0.2, -0.15) is 0 Å². The van der Waals surface area contributed by atoms with Gasteiger partial charge in [-0.15, -0.1) is 0 Å². The van der Waals surface area contributed by atoms with E-state index in [0.717, 1.165) is 16.9 Å². The zero-order chi connectivity index (χ0) is 17.3. The number of halogens is 1. The standard InChI is InChI=1S/C18H18ClNO4/c1-11-4-5-15(22-3)13(6-11)9-20(2)18(21)12-7-14(19)17-16(8-12)23-10-24-17/h4-8H,9-10H2,1-3H3. The molecule has 0 aliphatic carbocycles. The Labute approximate surface area is 145 Å². The van der Waals surface area contributed by atoms with Crippen LogP contribution in [0, 0.1) is 6.92 Å². The van der Waals surface area contributed by atoms with Crippen molar-refractivity contribution < 1.29 is 19.0 Å². The van der Waals surface area contributed by atoms with Crippen LogP contribution in [0.15, 0.2) is 30.3 Å². The molecule has 0 fully saturated rings. The molecule has 2 aromatic carbocycles. The molecule has 0 aromatic heterocycles. The molecule has 126 valence electrons. The van der Waals surface area contributed by atoms with Crippen molar-refractivity contribution in [3.63, 3.8) is 0 Å². The average molecular weight is 348 g/mol. The van der Waals surface area contributed by atoms with Crippen molar-refractivity contribution in [3.8, 4) is 17.2 Å². The van der Waals surface area contributed by atoms with E-state index >= 15 is 0 Å². The first kappa shape index (κ1) is 16.5. The van der Waals surface area contributed by atoms with Gasteiger partial charge in [-0.3, -0.25) is 4.79 Å². The van der Waals surface area contributed by atoms with Gasteiger partial charge < -0.3 is 19.1 Å². The van der Waals surface area contributed by atoms with Gasteiger partial charge in [-0.25, -0.2) is 0 Å². The summed E-state index contributed by atoms with van der Waals surface area (Å²) in [5.41, 5.74) is 2.51. The molecule has 24 heavy (non-hydrogen) atoms. The van der Waals surface area contributed by atoms with E-state index in [1.54, 1.807) is 31.2 Å². The van der Waals surface area contributed by atoms with Gasteiger partial charge in [0.1, 0.15) is 5.75 Å². The molecule has 0 spiro atoms. The molecular formula is C18H18ClNO4. The summed E-state index contributed by atoms with van der Waals surface area (Å²) >= 11 is 6.16. The van der Waals surface area contributed by atoms with Crippen molar-refractivity contribution >= 4 is 17.5 Å². The van der Waals surface area contributed by atoms with Crippen LogP contribution in [0.2, 0.25) is 5.02 Å². The van der Waals surface area contributed by atoms with Crippen molar-refractivity contribution in [2.45, 2.75) is 13.5 Å². The summed E-state index contributed by atoms with van der Waals surface area (Å²) in [7, 11) is 3.36.